The minimum Gasteiger partial charge on any atom is -0.508 e. The van der Waals surface area contributed by atoms with Crippen LogP contribution < -0.4 is 0 Å². The van der Waals surface area contributed by atoms with E-state index < -0.39 is 24.4 Å². The number of thiazole rings is 2. The van der Waals surface area contributed by atoms with Gasteiger partial charge in [-0.3, -0.25) is 0 Å². The van der Waals surface area contributed by atoms with Crippen molar-refractivity contribution >= 4 is 43.1 Å². The van der Waals surface area contributed by atoms with Crippen LogP contribution in [0.25, 0.3) is 20.4 Å². The fourth-order valence-electron chi connectivity index (χ4n) is 11.0. The summed E-state index contributed by atoms with van der Waals surface area (Å²) in [5.74, 6) is 0.000361. The molecular formula is C69H78N2O8S2. The Hall–Kier alpha value is -6.16. The second-order valence-corrected chi connectivity index (χ2v) is 24.2. The molecule has 2 aliphatic heterocycles. The second-order valence-electron chi connectivity index (χ2n) is 21.9. The van der Waals surface area contributed by atoms with Gasteiger partial charge in [-0.05, 0) is 171 Å². The molecule has 12 heteroatoms. The number of aliphatic hydroxyl groups is 3. The normalized spacial score (nSPS) is 20.8. The predicted octanol–water partition coefficient (Wildman–Crippen LogP) is 14.6. The number of phenolic OH excluding ortho intramolecular Hbond substituents is 1. The van der Waals surface area contributed by atoms with Crippen LogP contribution in [0.1, 0.15) is 126 Å². The zero-order chi connectivity index (χ0) is 57.3. The van der Waals surface area contributed by atoms with Crippen molar-refractivity contribution in [3.8, 4) is 5.75 Å². The molecule has 0 spiro atoms. The first-order chi connectivity index (χ1) is 39.1. The largest absolute Gasteiger partial charge is 0.508 e. The standard InChI is InChI=1S/C37H39NO3S.C21H23NO5S.C11H16/c1-4-30-22-33(39-23-27-13-7-5-8-14-27)37(40-24-28-15-9-6-10-16-28)36(41-30)31-20-29(25(2)19-26(31)3)21-35-38-32-17-11-12-18-34(32)42-35;1-11-6-16(24)14(21-20(26)17(25)9-13(10-23)27-21)7-12(11)8-19-22-15-4-2-3-5-18(15)28-19;1-7-6-8(2)10(4)11(5)9(7)3/h5-20,30,33,36-37H,4,21-24H2,1-3H3;2-7,13,17,20-21,23-26H,8-10H2,1H3;6H,1-5H3/t30-,33+,36+,37-;13-,17-,20+,21-;/m10./s1. The van der Waals surface area contributed by atoms with Crippen molar-refractivity contribution in [2.75, 3.05) is 6.61 Å². The number of ether oxygens (including phenoxy) is 4. The summed E-state index contributed by atoms with van der Waals surface area (Å²) < 4.78 is 28.4. The molecule has 2 aliphatic rings. The zero-order valence-corrected chi connectivity index (χ0v) is 49.8. The van der Waals surface area contributed by atoms with E-state index in [0.29, 0.717) is 25.2 Å². The fourth-order valence-corrected chi connectivity index (χ4v) is 13.0. The molecule has 11 rings (SSSR count). The van der Waals surface area contributed by atoms with Crippen LogP contribution in [0.3, 0.4) is 0 Å². The van der Waals surface area contributed by atoms with E-state index in [9.17, 15) is 20.4 Å². The van der Waals surface area contributed by atoms with E-state index in [4.69, 9.17) is 23.9 Å². The Balaban J connectivity index is 0.000000173. The number of aryl methyl sites for hydroxylation is 5. The molecular weight excluding hydrogens is 1050 g/mol. The van der Waals surface area contributed by atoms with E-state index in [2.05, 4.69) is 151 Å². The third-order valence-corrected chi connectivity index (χ3v) is 18.3. The van der Waals surface area contributed by atoms with Gasteiger partial charge >= 0.3 is 0 Å². The van der Waals surface area contributed by atoms with Crippen molar-refractivity contribution in [2.24, 2.45) is 0 Å². The number of hydrogen-bond donors (Lipinski definition) is 4. The monoisotopic (exact) mass is 1130 g/mol. The van der Waals surface area contributed by atoms with Crippen LogP contribution in [0.5, 0.6) is 5.75 Å². The Morgan fingerprint density at radius 2 is 1.02 bits per heavy atom. The van der Waals surface area contributed by atoms with Gasteiger partial charge in [0.05, 0.1) is 74.7 Å². The highest BCUT2D eigenvalue weighted by molar-refractivity contribution is 7.18. The van der Waals surface area contributed by atoms with Crippen LogP contribution in [0.15, 0.2) is 140 Å². The van der Waals surface area contributed by atoms with Crippen LogP contribution in [-0.4, -0.2) is 73.6 Å². The van der Waals surface area contributed by atoms with E-state index >= 15 is 0 Å². The van der Waals surface area contributed by atoms with Crippen LogP contribution in [0, 0.1) is 55.4 Å². The third-order valence-electron chi connectivity index (χ3n) is 16.2. The van der Waals surface area contributed by atoms with Crippen molar-refractivity contribution < 1.29 is 39.4 Å². The number of nitrogens with zero attached hydrogens (tertiary/aromatic N) is 2. The van der Waals surface area contributed by atoms with Gasteiger partial charge < -0.3 is 39.4 Å². The van der Waals surface area contributed by atoms with Crippen molar-refractivity contribution in [3.05, 3.63) is 227 Å². The number of benzene rings is 7. The molecule has 0 aliphatic carbocycles. The molecule has 8 atom stereocenters. The summed E-state index contributed by atoms with van der Waals surface area (Å²) in [6, 6.07) is 47.4. The molecule has 2 fully saturated rings. The van der Waals surface area contributed by atoms with Gasteiger partial charge in [-0.15, -0.1) is 22.7 Å². The molecule has 0 amide bonds. The number of fused-ring (bicyclic) bond motifs is 2. The van der Waals surface area contributed by atoms with Crippen molar-refractivity contribution in [1.29, 1.82) is 0 Å². The number of para-hydroxylation sites is 2. The van der Waals surface area contributed by atoms with E-state index in [1.807, 2.05) is 43.3 Å². The summed E-state index contributed by atoms with van der Waals surface area (Å²) in [5.41, 5.74) is 18.7. The summed E-state index contributed by atoms with van der Waals surface area (Å²) in [4.78, 5) is 9.59. The highest BCUT2D eigenvalue weighted by Gasteiger charge is 2.42. The molecule has 0 unspecified atom stereocenters. The van der Waals surface area contributed by atoms with Crippen molar-refractivity contribution in [3.63, 3.8) is 0 Å². The number of phenols is 1. The van der Waals surface area contributed by atoms with Crippen LogP contribution in [0.2, 0.25) is 0 Å². The Bertz CT molecular complexity index is 3430. The van der Waals surface area contributed by atoms with Gasteiger partial charge in [-0.2, -0.15) is 0 Å². The molecule has 2 aromatic heterocycles. The topological polar surface area (TPSA) is 144 Å². The van der Waals surface area contributed by atoms with Crippen LogP contribution in [-0.2, 0) is 45.0 Å². The molecule has 4 N–H and O–H groups in total. The Kier molecular flexibility index (Phi) is 20.0. The van der Waals surface area contributed by atoms with E-state index in [1.54, 1.807) is 34.8 Å². The SMILES string of the molecule is CC[C@@H]1C[C@H](OCc2ccccc2)[C@@H](OCc2ccccc2)[C@H](c2cc(Cc3nc4ccccc4s3)c(C)cc2C)O1.Cc1cc(C)c(C)c(C)c1C.Cc1cc(O)c([C@@H]2O[C@H](CO)C[C@H](O)[C@H]2O)cc1Cc1nc2ccccc2s1. The molecule has 2 saturated heterocycles. The summed E-state index contributed by atoms with van der Waals surface area (Å²) >= 11 is 3.40. The zero-order valence-electron chi connectivity index (χ0n) is 48.2. The van der Waals surface area contributed by atoms with Gasteiger partial charge in [0.15, 0.2) is 0 Å². The van der Waals surface area contributed by atoms with E-state index in [-0.39, 0.29) is 43.2 Å². The Morgan fingerprint density at radius 1 is 0.531 bits per heavy atom. The maximum atomic E-state index is 10.5. The molecule has 9 aromatic rings. The fraction of sp³-hybridized carbons (Fsp3) is 0.362. The number of aromatic nitrogens is 2. The lowest BCUT2D eigenvalue weighted by atomic mass is 9.87. The summed E-state index contributed by atoms with van der Waals surface area (Å²) in [6.45, 7) is 20.2. The number of hydrogen-bond acceptors (Lipinski definition) is 12. The molecule has 81 heavy (non-hydrogen) atoms. The van der Waals surface area contributed by atoms with Gasteiger partial charge in [-0.25, -0.2) is 9.97 Å². The maximum absolute atomic E-state index is 10.5. The molecule has 7 aromatic carbocycles. The Labute approximate surface area is 486 Å². The average Bonchev–Trinajstić information content (AvgIpc) is 4.14. The summed E-state index contributed by atoms with van der Waals surface area (Å²) in [5, 5.41) is 42.5. The first kappa shape index (κ1) is 59.5. The van der Waals surface area contributed by atoms with Crippen molar-refractivity contribution in [1.82, 2.24) is 9.97 Å². The minimum atomic E-state index is -1.17. The number of aromatic hydroxyl groups is 1. The second kappa shape index (κ2) is 27.3. The number of rotatable bonds is 14. The van der Waals surface area contributed by atoms with Crippen LogP contribution >= 0.6 is 22.7 Å². The van der Waals surface area contributed by atoms with E-state index in [0.717, 1.165) is 61.7 Å². The first-order valence-electron chi connectivity index (χ1n) is 28.3. The van der Waals surface area contributed by atoms with Gasteiger partial charge in [0.1, 0.15) is 30.2 Å². The molecule has 4 heterocycles. The lowest BCUT2D eigenvalue weighted by molar-refractivity contribution is -0.211. The summed E-state index contributed by atoms with van der Waals surface area (Å²) in [7, 11) is 0. The molecule has 10 nitrogen and oxygen atoms in total. The van der Waals surface area contributed by atoms with Gasteiger partial charge in [0, 0.05) is 31.2 Å². The molecule has 0 saturated carbocycles. The Morgan fingerprint density at radius 3 is 1.57 bits per heavy atom. The molecule has 0 bridgehead atoms. The summed E-state index contributed by atoms with van der Waals surface area (Å²) in [6.07, 6.45) is -0.885. The van der Waals surface area contributed by atoms with Crippen LogP contribution in [0.4, 0.5) is 0 Å². The molecule has 0 radical (unpaired) electrons. The quantitative estimate of drug-likeness (QED) is 0.0831. The number of aliphatic hydroxyl groups excluding tert-OH is 3. The van der Waals surface area contributed by atoms with Gasteiger partial charge in [0.2, 0.25) is 0 Å². The lowest BCUT2D eigenvalue weighted by Gasteiger charge is -2.42. The minimum absolute atomic E-state index is 0.000361. The van der Waals surface area contributed by atoms with Crippen molar-refractivity contribution in [2.45, 2.75) is 156 Å². The first-order valence-corrected chi connectivity index (χ1v) is 29.9. The highest BCUT2D eigenvalue weighted by Crippen LogP contribution is 2.41. The average molecular weight is 1130 g/mol. The van der Waals surface area contributed by atoms with Gasteiger partial charge in [0.25, 0.3) is 0 Å². The molecule has 424 valence electrons. The maximum Gasteiger partial charge on any atom is 0.121 e. The predicted molar refractivity (Wildman–Crippen MR) is 328 cm³/mol. The third kappa shape index (κ3) is 14.5. The highest BCUT2D eigenvalue weighted by atomic mass is 32.1. The lowest BCUT2D eigenvalue weighted by Crippen LogP contribution is -2.46. The van der Waals surface area contributed by atoms with E-state index in [1.165, 1.54) is 60.3 Å². The van der Waals surface area contributed by atoms with Gasteiger partial charge in [-0.1, -0.05) is 110 Å². The smallest absolute Gasteiger partial charge is 0.121 e.